The Hall–Kier alpha value is -4.44. The lowest BCUT2D eigenvalue weighted by Crippen LogP contribution is -2.20. The quantitative estimate of drug-likeness (QED) is 0.271. The van der Waals surface area contributed by atoms with Crippen molar-refractivity contribution in [1.29, 1.82) is 0 Å². The molecule has 6 aromatic heterocycles. The standard InChI is InChI=1S/C27H22N8OS/c36-27(15-3-1-2-4-15)31-18-7-17(9-28-10-18)21-8-19-22(13-30-21)34-35-25(19)26-32-23-12-29-11-20(24(23)33-26)16-5-6-37-14-16/h5-15H,1-4H2,(H,31,36)(H,32,33)(H,34,35). The summed E-state index contributed by atoms with van der Waals surface area (Å²) in [6, 6.07) is 5.95. The Balaban J connectivity index is 1.25. The molecule has 182 valence electrons. The van der Waals surface area contributed by atoms with Gasteiger partial charge in [0.1, 0.15) is 11.2 Å². The molecule has 9 nitrogen and oxygen atoms in total. The number of thiophene rings is 1. The van der Waals surface area contributed by atoms with Gasteiger partial charge in [-0.3, -0.25) is 24.8 Å². The van der Waals surface area contributed by atoms with Crippen LogP contribution in [0, 0.1) is 5.92 Å². The van der Waals surface area contributed by atoms with E-state index in [0.29, 0.717) is 17.2 Å². The molecule has 1 amide bonds. The molecule has 0 aliphatic heterocycles. The van der Waals surface area contributed by atoms with Crippen molar-refractivity contribution in [1.82, 2.24) is 35.1 Å². The number of rotatable bonds is 5. The number of amides is 1. The van der Waals surface area contributed by atoms with Crippen LogP contribution in [0.2, 0.25) is 0 Å². The number of hydrogen-bond donors (Lipinski definition) is 3. The number of carbonyl (C=O) groups excluding carboxylic acids is 1. The smallest absolute Gasteiger partial charge is 0.227 e. The summed E-state index contributed by atoms with van der Waals surface area (Å²) < 4.78 is 0. The molecular weight excluding hydrogens is 484 g/mol. The van der Waals surface area contributed by atoms with E-state index in [1.807, 2.05) is 23.7 Å². The van der Waals surface area contributed by atoms with Gasteiger partial charge >= 0.3 is 0 Å². The first-order chi connectivity index (χ1) is 18.2. The Kier molecular flexibility index (Phi) is 5.24. The number of fused-ring (bicyclic) bond motifs is 2. The van der Waals surface area contributed by atoms with Crippen LogP contribution in [0.5, 0.6) is 0 Å². The van der Waals surface area contributed by atoms with Crippen molar-refractivity contribution in [2.24, 2.45) is 5.92 Å². The maximum Gasteiger partial charge on any atom is 0.227 e. The van der Waals surface area contributed by atoms with Gasteiger partial charge in [0.25, 0.3) is 0 Å². The highest BCUT2D eigenvalue weighted by Gasteiger charge is 2.23. The Morgan fingerprint density at radius 3 is 2.76 bits per heavy atom. The molecule has 1 aliphatic carbocycles. The molecule has 7 rings (SSSR count). The second-order valence-electron chi connectivity index (χ2n) is 9.30. The SMILES string of the molecule is O=C(Nc1cncc(-c2cc3c(-c4nc5c(-c6ccsc6)cncc5[nH]4)n[nH]c3cn2)c1)C1CCCC1. The Morgan fingerprint density at radius 1 is 1.00 bits per heavy atom. The van der Waals surface area contributed by atoms with Crippen LogP contribution in [-0.2, 0) is 4.79 Å². The molecule has 1 aliphatic rings. The van der Waals surface area contributed by atoms with Gasteiger partial charge in [0.05, 0.1) is 41.0 Å². The molecule has 0 saturated heterocycles. The third-order valence-electron chi connectivity index (χ3n) is 6.93. The van der Waals surface area contributed by atoms with E-state index in [9.17, 15) is 4.79 Å². The van der Waals surface area contributed by atoms with E-state index in [1.165, 1.54) is 0 Å². The van der Waals surface area contributed by atoms with E-state index in [0.717, 1.165) is 70.0 Å². The lowest BCUT2D eigenvalue weighted by atomic mass is 10.1. The summed E-state index contributed by atoms with van der Waals surface area (Å²) in [6.45, 7) is 0. The molecule has 1 fully saturated rings. The second-order valence-corrected chi connectivity index (χ2v) is 10.1. The molecule has 0 unspecified atom stereocenters. The summed E-state index contributed by atoms with van der Waals surface area (Å²) in [5.41, 5.74) is 7.48. The predicted molar refractivity (Wildman–Crippen MR) is 144 cm³/mol. The summed E-state index contributed by atoms with van der Waals surface area (Å²) in [7, 11) is 0. The van der Waals surface area contributed by atoms with Crippen molar-refractivity contribution in [2.75, 3.05) is 5.32 Å². The van der Waals surface area contributed by atoms with E-state index < -0.39 is 0 Å². The van der Waals surface area contributed by atoms with Gasteiger partial charge < -0.3 is 10.3 Å². The number of hydrogen-bond acceptors (Lipinski definition) is 7. The fourth-order valence-electron chi connectivity index (χ4n) is 5.01. The lowest BCUT2D eigenvalue weighted by molar-refractivity contribution is -0.119. The molecule has 10 heteroatoms. The number of pyridine rings is 3. The molecular formula is C27H22N8OS. The minimum Gasteiger partial charge on any atom is -0.335 e. The van der Waals surface area contributed by atoms with Crippen LogP contribution in [-0.4, -0.2) is 41.0 Å². The fourth-order valence-corrected chi connectivity index (χ4v) is 5.67. The lowest BCUT2D eigenvalue weighted by Gasteiger charge is -2.11. The number of H-pyrrole nitrogens is 2. The largest absolute Gasteiger partial charge is 0.335 e. The predicted octanol–water partition coefficient (Wildman–Crippen LogP) is 5.82. The van der Waals surface area contributed by atoms with Gasteiger partial charge in [-0.05, 0) is 47.4 Å². The van der Waals surface area contributed by atoms with E-state index in [4.69, 9.17) is 4.98 Å². The number of nitrogens with zero attached hydrogens (tertiary/aromatic N) is 5. The summed E-state index contributed by atoms with van der Waals surface area (Å²) in [4.78, 5) is 34.2. The molecule has 6 aromatic rings. The third kappa shape index (κ3) is 3.95. The molecule has 0 spiro atoms. The minimum atomic E-state index is 0.0678. The molecule has 1 saturated carbocycles. The zero-order valence-electron chi connectivity index (χ0n) is 19.7. The zero-order valence-corrected chi connectivity index (χ0v) is 20.5. The topological polar surface area (TPSA) is 125 Å². The summed E-state index contributed by atoms with van der Waals surface area (Å²) in [6.07, 6.45) is 12.9. The van der Waals surface area contributed by atoms with Gasteiger partial charge in [0, 0.05) is 34.8 Å². The molecule has 0 radical (unpaired) electrons. The fraction of sp³-hybridized carbons (Fsp3) is 0.185. The van der Waals surface area contributed by atoms with Gasteiger partial charge in [0.2, 0.25) is 5.91 Å². The van der Waals surface area contributed by atoms with Crippen molar-refractivity contribution in [3.05, 3.63) is 59.9 Å². The van der Waals surface area contributed by atoms with Gasteiger partial charge in [0.15, 0.2) is 5.82 Å². The number of aromatic amines is 2. The van der Waals surface area contributed by atoms with Crippen molar-refractivity contribution < 1.29 is 4.79 Å². The number of aromatic nitrogens is 7. The van der Waals surface area contributed by atoms with Crippen LogP contribution in [0.25, 0.3) is 55.8 Å². The summed E-state index contributed by atoms with van der Waals surface area (Å²) in [5.74, 6) is 0.808. The number of nitrogens with one attached hydrogen (secondary N) is 3. The van der Waals surface area contributed by atoms with Crippen LogP contribution in [0.15, 0.2) is 59.9 Å². The summed E-state index contributed by atoms with van der Waals surface area (Å²) in [5, 5.41) is 15.6. The van der Waals surface area contributed by atoms with Crippen LogP contribution in [0.4, 0.5) is 5.69 Å². The first-order valence-corrected chi connectivity index (χ1v) is 13.1. The van der Waals surface area contributed by atoms with Gasteiger partial charge in [-0.2, -0.15) is 16.4 Å². The first-order valence-electron chi connectivity index (χ1n) is 12.2. The van der Waals surface area contributed by atoms with Crippen molar-refractivity contribution >= 4 is 44.9 Å². The minimum absolute atomic E-state index is 0.0678. The highest BCUT2D eigenvalue weighted by atomic mass is 32.1. The monoisotopic (exact) mass is 506 g/mol. The Bertz CT molecular complexity index is 1750. The number of anilines is 1. The number of carbonyl (C=O) groups is 1. The Morgan fingerprint density at radius 2 is 1.89 bits per heavy atom. The third-order valence-corrected chi connectivity index (χ3v) is 7.61. The normalized spacial score (nSPS) is 14.1. The highest BCUT2D eigenvalue weighted by Crippen LogP contribution is 2.33. The average molecular weight is 507 g/mol. The molecule has 0 bridgehead atoms. The molecule has 37 heavy (non-hydrogen) atoms. The van der Waals surface area contributed by atoms with Crippen LogP contribution in [0.3, 0.4) is 0 Å². The highest BCUT2D eigenvalue weighted by molar-refractivity contribution is 7.08. The van der Waals surface area contributed by atoms with Crippen molar-refractivity contribution in [3.63, 3.8) is 0 Å². The molecule has 0 atom stereocenters. The van der Waals surface area contributed by atoms with Crippen LogP contribution in [0.1, 0.15) is 25.7 Å². The van der Waals surface area contributed by atoms with Gasteiger partial charge in [-0.15, -0.1) is 0 Å². The maximum absolute atomic E-state index is 12.6. The van der Waals surface area contributed by atoms with Crippen molar-refractivity contribution in [2.45, 2.75) is 25.7 Å². The van der Waals surface area contributed by atoms with E-state index in [-0.39, 0.29) is 11.8 Å². The Labute approximate surface area is 215 Å². The number of imidazole rings is 1. The van der Waals surface area contributed by atoms with E-state index in [2.05, 4.69) is 46.9 Å². The van der Waals surface area contributed by atoms with Crippen LogP contribution >= 0.6 is 11.3 Å². The zero-order chi connectivity index (χ0) is 24.8. The van der Waals surface area contributed by atoms with Crippen LogP contribution < -0.4 is 5.32 Å². The first kappa shape index (κ1) is 21.8. The summed E-state index contributed by atoms with van der Waals surface area (Å²) >= 11 is 1.64. The van der Waals surface area contributed by atoms with Crippen molar-refractivity contribution in [3.8, 4) is 33.9 Å². The maximum atomic E-state index is 12.6. The molecule has 0 aromatic carbocycles. The van der Waals surface area contributed by atoms with E-state index in [1.54, 1.807) is 36.1 Å². The second kappa shape index (κ2) is 8.90. The molecule has 6 heterocycles. The van der Waals surface area contributed by atoms with Gasteiger partial charge in [-0.1, -0.05) is 12.8 Å². The molecule has 3 N–H and O–H groups in total. The van der Waals surface area contributed by atoms with E-state index >= 15 is 0 Å². The van der Waals surface area contributed by atoms with Gasteiger partial charge in [-0.25, -0.2) is 4.98 Å². The average Bonchev–Trinajstić information content (AvgIpc) is 3.74.